The zero-order chi connectivity index (χ0) is 12.5. The molecule has 0 aliphatic heterocycles. The summed E-state index contributed by atoms with van der Waals surface area (Å²) < 4.78 is 1.97. The van der Waals surface area contributed by atoms with E-state index in [4.69, 9.17) is 0 Å². The Hall–Kier alpha value is -1.84. The molecule has 1 amide bonds. The summed E-state index contributed by atoms with van der Waals surface area (Å²) in [4.78, 5) is 16.2. The third kappa shape index (κ3) is 2.23. The highest BCUT2D eigenvalue weighted by Crippen LogP contribution is 2.27. The summed E-state index contributed by atoms with van der Waals surface area (Å²) in [7, 11) is 1.96. The lowest BCUT2D eigenvalue weighted by Gasteiger charge is -2.02. The van der Waals surface area contributed by atoms with Crippen molar-refractivity contribution in [3.8, 4) is 0 Å². The molecule has 94 valence electrons. The number of nitrogens with zero attached hydrogens (tertiary/aromatic N) is 2. The molecule has 0 atom stereocenters. The first-order valence-corrected chi connectivity index (χ1v) is 6.39. The average Bonchev–Trinajstić information content (AvgIpc) is 3.15. The molecule has 4 heteroatoms. The molecule has 1 aliphatic rings. The largest absolute Gasteiger partial charge is 0.356 e. The smallest absolute Gasteiger partial charge is 0.224 e. The van der Waals surface area contributed by atoms with Crippen LogP contribution < -0.4 is 5.32 Å². The zero-order valence-electron chi connectivity index (χ0n) is 10.5. The van der Waals surface area contributed by atoms with E-state index in [1.807, 2.05) is 29.9 Å². The minimum Gasteiger partial charge on any atom is -0.356 e. The molecule has 2 heterocycles. The number of carbonyl (C=O) groups is 1. The summed E-state index contributed by atoms with van der Waals surface area (Å²) in [6.07, 6.45) is 6.74. The van der Waals surface area contributed by atoms with Crippen LogP contribution in [0.15, 0.2) is 24.5 Å². The van der Waals surface area contributed by atoms with E-state index in [0.717, 1.165) is 29.1 Å². The molecule has 4 nitrogen and oxygen atoms in total. The van der Waals surface area contributed by atoms with E-state index in [-0.39, 0.29) is 5.91 Å². The first-order chi connectivity index (χ1) is 8.74. The average molecular weight is 243 g/mol. The Labute approximate surface area is 106 Å². The number of hydrogen-bond acceptors (Lipinski definition) is 2. The number of nitrogens with one attached hydrogen (secondary N) is 1. The van der Waals surface area contributed by atoms with Crippen molar-refractivity contribution in [2.24, 2.45) is 13.0 Å². The molecule has 2 aromatic heterocycles. The Balaban J connectivity index is 1.75. The second-order valence-electron chi connectivity index (χ2n) is 5.06. The van der Waals surface area contributed by atoms with Crippen molar-refractivity contribution in [1.82, 2.24) is 14.9 Å². The summed E-state index contributed by atoms with van der Waals surface area (Å²) in [5, 5.41) is 4.07. The van der Waals surface area contributed by atoms with Gasteiger partial charge in [-0.2, -0.15) is 0 Å². The van der Waals surface area contributed by atoms with Gasteiger partial charge in [-0.1, -0.05) is 0 Å². The van der Waals surface area contributed by atoms with Gasteiger partial charge in [0.25, 0.3) is 0 Å². The standard InChI is InChI=1S/C14H17N3O/c1-17-9-11(12-3-2-6-15-14(12)17)7-13(18)16-8-10-4-5-10/h2-3,6,9-10H,4-5,7-8H2,1H3,(H,16,18). The first kappa shape index (κ1) is 11.3. The molecule has 0 spiro atoms. The third-order valence-corrected chi connectivity index (χ3v) is 3.45. The lowest BCUT2D eigenvalue weighted by molar-refractivity contribution is -0.120. The highest BCUT2D eigenvalue weighted by atomic mass is 16.1. The van der Waals surface area contributed by atoms with Gasteiger partial charge in [0.15, 0.2) is 0 Å². The Kier molecular flexibility index (Phi) is 2.78. The van der Waals surface area contributed by atoms with Gasteiger partial charge in [0.05, 0.1) is 6.42 Å². The van der Waals surface area contributed by atoms with Gasteiger partial charge in [0, 0.05) is 31.4 Å². The molecule has 1 N–H and O–H groups in total. The maximum atomic E-state index is 11.9. The number of hydrogen-bond donors (Lipinski definition) is 1. The molecule has 0 bridgehead atoms. The van der Waals surface area contributed by atoms with Crippen molar-refractivity contribution in [1.29, 1.82) is 0 Å². The highest BCUT2D eigenvalue weighted by Gasteiger charge is 2.21. The third-order valence-electron chi connectivity index (χ3n) is 3.45. The number of aromatic nitrogens is 2. The van der Waals surface area contributed by atoms with E-state index in [2.05, 4.69) is 10.3 Å². The Morgan fingerprint density at radius 3 is 3.17 bits per heavy atom. The maximum absolute atomic E-state index is 11.9. The van der Waals surface area contributed by atoms with Crippen LogP contribution in [-0.4, -0.2) is 22.0 Å². The predicted octanol–water partition coefficient (Wildman–Crippen LogP) is 1.64. The van der Waals surface area contributed by atoms with E-state index in [1.165, 1.54) is 12.8 Å². The molecule has 2 aromatic rings. The molecule has 0 unspecified atom stereocenters. The Bertz CT molecular complexity index is 584. The summed E-state index contributed by atoms with van der Waals surface area (Å²) in [6, 6.07) is 3.93. The van der Waals surface area contributed by atoms with Crippen LogP contribution in [0.2, 0.25) is 0 Å². The number of aryl methyl sites for hydroxylation is 1. The van der Waals surface area contributed by atoms with Crippen molar-refractivity contribution >= 4 is 16.9 Å². The van der Waals surface area contributed by atoms with Crippen LogP contribution >= 0.6 is 0 Å². The number of pyridine rings is 1. The summed E-state index contributed by atoms with van der Waals surface area (Å²) in [5.74, 6) is 0.835. The van der Waals surface area contributed by atoms with E-state index < -0.39 is 0 Å². The van der Waals surface area contributed by atoms with Gasteiger partial charge in [0.2, 0.25) is 5.91 Å². The van der Waals surface area contributed by atoms with Crippen LogP contribution in [0.4, 0.5) is 0 Å². The van der Waals surface area contributed by atoms with Crippen molar-refractivity contribution in [2.45, 2.75) is 19.3 Å². The minimum atomic E-state index is 0.109. The van der Waals surface area contributed by atoms with Gasteiger partial charge in [-0.15, -0.1) is 0 Å². The summed E-state index contributed by atoms with van der Waals surface area (Å²) in [5.41, 5.74) is 1.98. The molecule has 1 aliphatic carbocycles. The predicted molar refractivity (Wildman–Crippen MR) is 70.2 cm³/mol. The van der Waals surface area contributed by atoms with E-state index >= 15 is 0 Å². The van der Waals surface area contributed by atoms with Crippen molar-refractivity contribution in [3.63, 3.8) is 0 Å². The fourth-order valence-electron chi connectivity index (χ4n) is 2.25. The number of carbonyl (C=O) groups excluding carboxylic acids is 1. The molecular formula is C14H17N3O. The fourth-order valence-corrected chi connectivity index (χ4v) is 2.25. The van der Waals surface area contributed by atoms with Crippen molar-refractivity contribution in [3.05, 3.63) is 30.1 Å². The minimum absolute atomic E-state index is 0.109. The van der Waals surface area contributed by atoms with Crippen LogP contribution in [0.3, 0.4) is 0 Å². The monoisotopic (exact) mass is 243 g/mol. The molecule has 0 aromatic carbocycles. The fraction of sp³-hybridized carbons (Fsp3) is 0.429. The number of fused-ring (bicyclic) bond motifs is 1. The maximum Gasteiger partial charge on any atom is 0.224 e. The normalized spacial score (nSPS) is 14.9. The first-order valence-electron chi connectivity index (χ1n) is 6.39. The van der Waals surface area contributed by atoms with E-state index in [1.54, 1.807) is 6.20 Å². The van der Waals surface area contributed by atoms with E-state index in [9.17, 15) is 4.79 Å². The lowest BCUT2D eigenvalue weighted by Crippen LogP contribution is -2.26. The second kappa shape index (κ2) is 4.44. The zero-order valence-corrected chi connectivity index (χ0v) is 10.5. The van der Waals surface area contributed by atoms with Crippen LogP contribution in [0.25, 0.3) is 11.0 Å². The Morgan fingerprint density at radius 1 is 1.56 bits per heavy atom. The van der Waals surface area contributed by atoms with Gasteiger partial charge in [-0.05, 0) is 36.5 Å². The van der Waals surface area contributed by atoms with Crippen LogP contribution in [0, 0.1) is 5.92 Å². The lowest BCUT2D eigenvalue weighted by atomic mass is 10.1. The van der Waals surface area contributed by atoms with Gasteiger partial charge in [0.1, 0.15) is 5.65 Å². The molecule has 3 rings (SSSR count). The molecule has 0 saturated heterocycles. The van der Waals surface area contributed by atoms with Gasteiger partial charge < -0.3 is 9.88 Å². The van der Waals surface area contributed by atoms with Crippen LogP contribution in [-0.2, 0) is 18.3 Å². The van der Waals surface area contributed by atoms with Gasteiger partial charge in [-0.3, -0.25) is 4.79 Å². The Morgan fingerprint density at radius 2 is 2.39 bits per heavy atom. The number of amides is 1. The highest BCUT2D eigenvalue weighted by molar-refractivity contribution is 5.87. The van der Waals surface area contributed by atoms with Crippen LogP contribution in [0.1, 0.15) is 18.4 Å². The van der Waals surface area contributed by atoms with Gasteiger partial charge in [-0.25, -0.2) is 4.98 Å². The molecule has 0 radical (unpaired) electrons. The molecule has 1 fully saturated rings. The topological polar surface area (TPSA) is 46.9 Å². The van der Waals surface area contributed by atoms with Crippen LogP contribution in [0.5, 0.6) is 0 Å². The molecule has 18 heavy (non-hydrogen) atoms. The summed E-state index contributed by atoms with van der Waals surface area (Å²) >= 11 is 0. The summed E-state index contributed by atoms with van der Waals surface area (Å²) in [6.45, 7) is 0.835. The second-order valence-corrected chi connectivity index (χ2v) is 5.06. The van der Waals surface area contributed by atoms with E-state index in [0.29, 0.717) is 6.42 Å². The SMILES string of the molecule is Cn1cc(CC(=O)NCC2CC2)c2cccnc21. The van der Waals surface area contributed by atoms with Gasteiger partial charge >= 0.3 is 0 Å². The molecular weight excluding hydrogens is 226 g/mol. The van der Waals surface area contributed by atoms with Crippen molar-refractivity contribution in [2.75, 3.05) is 6.54 Å². The quantitative estimate of drug-likeness (QED) is 0.887. The van der Waals surface area contributed by atoms with Crippen molar-refractivity contribution < 1.29 is 4.79 Å². The molecule has 1 saturated carbocycles. The number of rotatable bonds is 4.